The monoisotopic (exact) mass is 355 g/mol. The van der Waals surface area contributed by atoms with Gasteiger partial charge in [-0.15, -0.1) is 0 Å². The van der Waals surface area contributed by atoms with Crippen LogP contribution in [0.3, 0.4) is 0 Å². The molecular formula is C20H18FNO2S. The zero-order valence-corrected chi connectivity index (χ0v) is 14.6. The lowest BCUT2D eigenvalue weighted by molar-refractivity contribution is 0.590. The Morgan fingerprint density at radius 3 is 2.04 bits per heavy atom. The molecule has 25 heavy (non-hydrogen) atoms. The van der Waals surface area contributed by atoms with Crippen molar-refractivity contribution in [3.63, 3.8) is 0 Å². The first-order valence-electron chi connectivity index (χ1n) is 7.86. The summed E-state index contributed by atoms with van der Waals surface area (Å²) in [7, 11) is -3.74. The third-order valence-corrected chi connectivity index (χ3v) is 5.68. The van der Waals surface area contributed by atoms with E-state index >= 15 is 0 Å². The van der Waals surface area contributed by atoms with E-state index in [-0.39, 0.29) is 17.3 Å². The Morgan fingerprint density at radius 1 is 0.840 bits per heavy atom. The average Bonchev–Trinajstić information content (AvgIpc) is 2.62. The summed E-state index contributed by atoms with van der Waals surface area (Å²) in [4.78, 5) is 0.226. The molecular weight excluding hydrogens is 337 g/mol. The molecule has 0 fully saturated rings. The Hall–Kier alpha value is -2.66. The second kappa shape index (κ2) is 7.07. The first-order valence-corrected chi connectivity index (χ1v) is 9.30. The molecule has 0 saturated carbocycles. The Kier molecular flexibility index (Phi) is 4.86. The van der Waals surface area contributed by atoms with Crippen LogP contribution in [0.1, 0.15) is 11.1 Å². The van der Waals surface area contributed by atoms with E-state index in [9.17, 15) is 12.8 Å². The molecule has 0 unspecified atom stereocenters. The zero-order chi connectivity index (χ0) is 17.9. The van der Waals surface area contributed by atoms with E-state index < -0.39 is 10.0 Å². The quantitative estimate of drug-likeness (QED) is 0.674. The van der Waals surface area contributed by atoms with E-state index in [0.29, 0.717) is 11.3 Å². The summed E-state index contributed by atoms with van der Waals surface area (Å²) < 4.78 is 40.8. The largest absolute Gasteiger partial charge is 0.264 e. The highest BCUT2D eigenvalue weighted by Gasteiger charge is 2.25. The van der Waals surface area contributed by atoms with Gasteiger partial charge in [0.05, 0.1) is 17.1 Å². The Morgan fingerprint density at radius 2 is 1.44 bits per heavy atom. The standard InChI is InChI=1S/C20H18FNO2S/c1-16-7-13-20(14-8-16)25(23,24)22(19-5-3-2-4-6-19)15-17-9-11-18(21)12-10-17/h2-14H,15H2,1H3. The molecule has 3 rings (SSSR count). The molecule has 128 valence electrons. The normalized spacial score (nSPS) is 11.3. The third-order valence-electron chi connectivity index (χ3n) is 3.89. The van der Waals surface area contributed by atoms with E-state index in [1.807, 2.05) is 13.0 Å². The van der Waals surface area contributed by atoms with Gasteiger partial charge in [-0.2, -0.15) is 0 Å². The van der Waals surface area contributed by atoms with Gasteiger partial charge < -0.3 is 0 Å². The van der Waals surface area contributed by atoms with Gasteiger partial charge in [-0.3, -0.25) is 4.31 Å². The second-order valence-electron chi connectivity index (χ2n) is 5.79. The van der Waals surface area contributed by atoms with E-state index in [4.69, 9.17) is 0 Å². The second-order valence-corrected chi connectivity index (χ2v) is 7.65. The van der Waals surface area contributed by atoms with Crippen molar-refractivity contribution in [1.29, 1.82) is 0 Å². The molecule has 0 aliphatic heterocycles. The number of halogens is 1. The summed E-state index contributed by atoms with van der Waals surface area (Å²) in [6.45, 7) is 2.03. The summed E-state index contributed by atoms with van der Waals surface area (Å²) in [6.07, 6.45) is 0. The van der Waals surface area contributed by atoms with Crippen molar-refractivity contribution in [2.45, 2.75) is 18.4 Å². The van der Waals surface area contributed by atoms with E-state index in [2.05, 4.69) is 0 Å². The molecule has 0 radical (unpaired) electrons. The van der Waals surface area contributed by atoms with Crippen molar-refractivity contribution in [3.05, 3.63) is 95.8 Å². The average molecular weight is 355 g/mol. The van der Waals surface area contributed by atoms with Gasteiger partial charge in [0.1, 0.15) is 5.82 Å². The minimum Gasteiger partial charge on any atom is -0.262 e. The molecule has 3 nitrogen and oxygen atoms in total. The number of anilines is 1. The fourth-order valence-corrected chi connectivity index (χ4v) is 3.96. The first-order chi connectivity index (χ1) is 12.0. The molecule has 0 atom stereocenters. The summed E-state index contributed by atoms with van der Waals surface area (Å²) >= 11 is 0. The molecule has 0 aliphatic rings. The van der Waals surface area contributed by atoms with Crippen LogP contribution in [0, 0.1) is 12.7 Å². The van der Waals surface area contributed by atoms with Gasteiger partial charge in [0.25, 0.3) is 10.0 Å². The lowest BCUT2D eigenvalue weighted by Crippen LogP contribution is -2.30. The van der Waals surface area contributed by atoms with Crippen molar-refractivity contribution >= 4 is 15.7 Å². The molecule has 0 spiro atoms. The lowest BCUT2D eigenvalue weighted by Gasteiger charge is -2.25. The number of nitrogens with zero attached hydrogens (tertiary/aromatic N) is 1. The molecule has 3 aromatic carbocycles. The van der Waals surface area contributed by atoms with Crippen molar-refractivity contribution in [2.75, 3.05) is 4.31 Å². The summed E-state index contributed by atoms with van der Waals surface area (Å²) in [5.74, 6) is -0.351. The van der Waals surface area contributed by atoms with Crippen LogP contribution >= 0.6 is 0 Å². The van der Waals surface area contributed by atoms with Crippen LogP contribution in [-0.4, -0.2) is 8.42 Å². The highest BCUT2D eigenvalue weighted by Crippen LogP contribution is 2.26. The molecule has 0 N–H and O–H groups in total. The number of rotatable bonds is 5. The number of aryl methyl sites for hydroxylation is 1. The van der Waals surface area contributed by atoms with Crippen molar-refractivity contribution in [3.8, 4) is 0 Å². The van der Waals surface area contributed by atoms with Gasteiger partial charge in [0.2, 0.25) is 0 Å². The Bertz CT molecular complexity index is 937. The van der Waals surface area contributed by atoms with E-state index in [1.165, 1.54) is 16.4 Å². The fraction of sp³-hybridized carbons (Fsp3) is 0.100. The van der Waals surface area contributed by atoms with Gasteiger partial charge in [-0.1, -0.05) is 48.0 Å². The highest BCUT2D eigenvalue weighted by atomic mass is 32.2. The van der Waals surface area contributed by atoms with Crippen LogP contribution in [0.15, 0.2) is 83.8 Å². The van der Waals surface area contributed by atoms with Crippen molar-refractivity contribution < 1.29 is 12.8 Å². The smallest absolute Gasteiger partial charge is 0.262 e. The number of hydrogen-bond acceptors (Lipinski definition) is 2. The third kappa shape index (κ3) is 3.88. The Balaban J connectivity index is 2.04. The van der Waals surface area contributed by atoms with Crippen LogP contribution in [0.5, 0.6) is 0 Å². The van der Waals surface area contributed by atoms with Crippen LogP contribution in [0.25, 0.3) is 0 Å². The first kappa shape index (κ1) is 17.2. The van der Waals surface area contributed by atoms with E-state index in [0.717, 1.165) is 5.56 Å². The number of para-hydroxylation sites is 1. The molecule has 0 aromatic heterocycles. The fourth-order valence-electron chi connectivity index (χ4n) is 2.50. The maximum absolute atomic E-state index is 13.2. The minimum absolute atomic E-state index is 0.125. The highest BCUT2D eigenvalue weighted by molar-refractivity contribution is 7.92. The molecule has 0 amide bonds. The van der Waals surface area contributed by atoms with Crippen molar-refractivity contribution in [2.24, 2.45) is 0 Å². The van der Waals surface area contributed by atoms with Gasteiger partial charge in [-0.25, -0.2) is 12.8 Å². The summed E-state index contributed by atoms with van der Waals surface area (Å²) in [5, 5.41) is 0. The topological polar surface area (TPSA) is 37.4 Å². The predicted molar refractivity (Wildman–Crippen MR) is 97.4 cm³/mol. The van der Waals surface area contributed by atoms with E-state index in [1.54, 1.807) is 60.7 Å². The van der Waals surface area contributed by atoms with Gasteiger partial charge in [0, 0.05) is 0 Å². The van der Waals surface area contributed by atoms with Gasteiger partial charge in [-0.05, 0) is 48.9 Å². The van der Waals surface area contributed by atoms with Gasteiger partial charge in [0.15, 0.2) is 0 Å². The Labute approximate surface area is 147 Å². The minimum atomic E-state index is -3.74. The maximum Gasteiger partial charge on any atom is 0.264 e. The number of hydrogen-bond donors (Lipinski definition) is 0. The summed E-state index contributed by atoms with van der Waals surface area (Å²) in [6, 6.07) is 21.5. The van der Waals surface area contributed by atoms with Crippen LogP contribution in [-0.2, 0) is 16.6 Å². The molecule has 0 saturated heterocycles. The number of benzene rings is 3. The summed E-state index contributed by atoms with van der Waals surface area (Å²) in [5.41, 5.74) is 2.26. The SMILES string of the molecule is Cc1ccc(S(=O)(=O)N(Cc2ccc(F)cc2)c2ccccc2)cc1. The zero-order valence-electron chi connectivity index (χ0n) is 13.8. The van der Waals surface area contributed by atoms with Crippen LogP contribution in [0.4, 0.5) is 10.1 Å². The van der Waals surface area contributed by atoms with Crippen LogP contribution < -0.4 is 4.31 Å². The molecule has 3 aromatic rings. The number of sulfonamides is 1. The molecule has 0 heterocycles. The van der Waals surface area contributed by atoms with Crippen molar-refractivity contribution in [1.82, 2.24) is 0 Å². The maximum atomic E-state index is 13.2. The molecule has 0 bridgehead atoms. The molecule has 5 heteroatoms. The van der Waals surface area contributed by atoms with Gasteiger partial charge >= 0.3 is 0 Å². The molecule has 0 aliphatic carbocycles. The van der Waals surface area contributed by atoms with Crippen LogP contribution in [0.2, 0.25) is 0 Å². The predicted octanol–water partition coefficient (Wildman–Crippen LogP) is 4.53. The lowest BCUT2D eigenvalue weighted by atomic mass is 10.2.